The molecule has 138 valence electrons. The van der Waals surface area contributed by atoms with Gasteiger partial charge in [0.1, 0.15) is 6.54 Å². The van der Waals surface area contributed by atoms with Crippen LogP contribution in [0.2, 0.25) is 0 Å². The Bertz CT molecular complexity index is 585. The number of hydrogen-bond acceptors (Lipinski definition) is 4. The summed E-state index contributed by atoms with van der Waals surface area (Å²) in [7, 11) is 0. The van der Waals surface area contributed by atoms with Crippen LogP contribution >= 0.6 is 0 Å². The number of rotatable bonds is 4. The van der Waals surface area contributed by atoms with Crippen LogP contribution in [0, 0.1) is 11.8 Å². The Labute approximate surface area is 148 Å². The van der Waals surface area contributed by atoms with E-state index in [1.54, 1.807) is 0 Å². The topological polar surface area (TPSA) is 86.8 Å². The second kappa shape index (κ2) is 7.14. The zero-order valence-electron chi connectivity index (χ0n) is 15.0. The first-order valence-corrected chi connectivity index (χ1v) is 9.38. The molecule has 3 aliphatic rings. The molecule has 2 aliphatic carbocycles. The standard InChI is InChI=1S/C18H27N3O4/c1-11-6-5-9-14(12(11)2)19-15(22)10-20-16(23)17(24)21(18(20)25)13-7-3-4-8-13/h11-14H,3-10H2,1-2H3,(H,19,22)/t11-,12-,14-/m1/s1. The van der Waals surface area contributed by atoms with Gasteiger partial charge in [0, 0.05) is 12.1 Å². The highest BCUT2D eigenvalue weighted by molar-refractivity contribution is 6.45. The largest absolute Gasteiger partial charge is 0.352 e. The van der Waals surface area contributed by atoms with Crippen LogP contribution in [0.5, 0.6) is 0 Å². The van der Waals surface area contributed by atoms with E-state index in [0.717, 1.165) is 54.7 Å². The molecule has 0 aromatic rings. The van der Waals surface area contributed by atoms with Crippen molar-refractivity contribution in [2.75, 3.05) is 6.54 Å². The maximum absolute atomic E-state index is 12.5. The van der Waals surface area contributed by atoms with Crippen molar-refractivity contribution in [3.8, 4) is 0 Å². The number of amides is 5. The molecular weight excluding hydrogens is 322 g/mol. The van der Waals surface area contributed by atoms with Gasteiger partial charge in [-0.05, 0) is 31.1 Å². The van der Waals surface area contributed by atoms with E-state index < -0.39 is 17.8 Å². The fourth-order valence-corrected chi connectivity index (χ4v) is 4.33. The smallest absolute Gasteiger partial charge is 0.334 e. The quantitative estimate of drug-likeness (QED) is 0.618. The summed E-state index contributed by atoms with van der Waals surface area (Å²) >= 11 is 0. The first kappa shape index (κ1) is 17.9. The molecule has 7 heteroatoms. The van der Waals surface area contributed by atoms with Gasteiger partial charge < -0.3 is 5.32 Å². The Balaban J connectivity index is 1.61. The third kappa shape index (κ3) is 3.41. The molecule has 0 unspecified atom stereocenters. The normalized spacial score (nSPS) is 31.1. The monoisotopic (exact) mass is 349 g/mol. The van der Waals surface area contributed by atoms with Gasteiger partial charge in [-0.25, -0.2) is 9.69 Å². The highest BCUT2D eigenvalue weighted by Crippen LogP contribution is 2.30. The van der Waals surface area contributed by atoms with Gasteiger partial charge in [-0.3, -0.25) is 19.3 Å². The van der Waals surface area contributed by atoms with Crippen molar-refractivity contribution in [2.45, 2.75) is 70.9 Å². The summed E-state index contributed by atoms with van der Waals surface area (Å²) in [6.07, 6.45) is 6.51. The van der Waals surface area contributed by atoms with Gasteiger partial charge in [-0.15, -0.1) is 0 Å². The van der Waals surface area contributed by atoms with E-state index in [0.29, 0.717) is 11.8 Å². The highest BCUT2D eigenvalue weighted by atomic mass is 16.2. The lowest BCUT2D eigenvalue weighted by molar-refractivity contribution is -0.144. The number of nitrogens with one attached hydrogen (secondary N) is 1. The van der Waals surface area contributed by atoms with E-state index >= 15 is 0 Å². The van der Waals surface area contributed by atoms with Gasteiger partial charge in [-0.2, -0.15) is 0 Å². The van der Waals surface area contributed by atoms with Crippen LogP contribution < -0.4 is 5.32 Å². The fraction of sp³-hybridized carbons (Fsp3) is 0.778. The Hall–Kier alpha value is -1.92. The van der Waals surface area contributed by atoms with Crippen LogP contribution in [-0.4, -0.2) is 52.2 Å². The molecule has 0 bridgehead atoms. The lowest BCUT2D eigenvalue weighted by atomic mass is 9.78. The molecule has 5 amide bonds. The van der Waals surface area contributed by atoms with E-state index in [1.165, 1.54) is 0 Å². The van der Waals surface area contributed by atoms with E-state index in [-0.39, 0.29) is 24.5 Å². The third-order valence-corrected chi connectivity index (χ3v) is 6.13. The molecule has 1 saturated heterocycles. The number of nitrogens with zero attached hydrogens (tertiary/aromatic N) is 2. The van der Waals surface area contributed by atoms with Crippen molar-refractivity contribution in [3.63, 3.8) is 0 Å². The first-order valence-electron chi connectivity index (χ1n) is 9.38. The maximum Gasteiger partial charge on any atom is 0.334 e. The van der Waals surface area contributed by atoms with E-state index in [2.05, 4.69) is 19.2 Å². The van der Waals surface area contributed by atoms with Crippen molar-refractivity contribution in [1.82, 2.24) is 15.1 Å². The highest BCUT2D eigenvalue weighted by Gasteiger charge is 2.48. The molecule has 3 fully saturated rings. The summed E-state index contributed by atoms with van der Waals surface area (Å²) in [6, 6.07) is -0.774. The predicted octanol–water partition coefficient (Wildman–Crippen LogP) is 1.66. The van der Waals surface area contributed by atoms with Crippen LogP contribution in [0.4, 0.5) is 4.79 Å². The van der Waals surface area contributed by atoms with Gasteiger partial charge in [0.05, 0.1) is 0 Å². The van der Waals surface area contributed by atoms with E-state index in [9.17, 15) is 19.2 Å². The van der Waals surface area contributed by atoms with Crippen LogP contribution in [0.3, 0.4) is 0 Å². The van der Waals surface area contributed by atoms with Crippen molar-refractivity contribution in [1.29, 1.82) is 0 Å². The SMILES string of the molecule is C[C@@H]1[C@H](C)CCC[C@H]1NC(=O)CN1C(=O)C(=O)N(C2CCCC2)C1=O. The van der Waals surface area contributed by atoms with Crippen LogP contribution in [0.15, 0.2) is 0 Å². The molecule has 0 spiro atoms. The lowest BCUT2D eigenvalue weighted by Gasteiger charge is -2.34. The fourth-order valence-electron chi connectivity index (χ4n) is 4.33. The molecule has 0 aromatic heterocycles. The number of imide groups is 2. The zero-order valence-corrected chi connectivity index (χ0v) is 15.0. The first-order chi connectivity index (χ1) is 11.9. The minimum atomic E-state index is -0.878. The number of carbonyl (C=O) groups excluding carboxylic acids is 4. The second-order valence-corrected chi connectivity index (χ2v) is 7.73. The molecular formula is C18H27N3O4. The average molecular weight is 349 g/mol. The number of urea groups is 1. The van der Waals surface area contributed by atoms with Crippen molar-refractivity contribution >= 4 is 23.8 Å². The molecule has 0 aromatic carbocycles. The van der Waals surface area contributed by atoms with Crippen LogP contribution in [0.25, 0.3) is 0 Å². The predicted molar refractivity (Wildman–Crippen MR) is 90.3 cm³/mol. The Morgan fingerprint density at radius 3 is 2.36 bits per heavy atom. The minimum Gasteiger partial charge on any atom is -0.352 e. The van der Waals surface area contributed by atoms with Crippen molar-refractivity contribution in [3.05, 3.63) is 0 Å². The molecule has 7 nitrogen and oxygen atoms in total. The van der Waals surface area contributed by atoms with Gasteiger partial charge in [0.15, 0.2) is 0 Å². The van der Waals surface area contributed by atoms with Gasteiger partial charge in [0.25, 0.3) is 0 Å². The number of hydrogen-bond donors (Lipinski definition) is 1. The average Bonchev–Trinajstić information content (AvgIpc) is 3.16. The van der Waals surface area contributed by atoms with Gasteiger partial charge in [0.2, 0.25) is 5.91 Å². The third-order valence-electron chi connectivity index (χ3n) is 6.13. The maximum atomic E-state index is 12.5. The molecule has 0 radical (unpaired) electrons. The van der Waals surface area contributed by atoms with Crippen LogP contribution in [-0.2, 0) is 14.4 Å². The van der Waals surface area contributed by atoms with E-state index in [1.807, 2.05) is 0 Å². The van der Waals surface area contributed by atoms with Crippen LogP contribution in [0.1, 0.15) is 58.8 Å². The molecule has 2 saturated carbocycles. The summed E-state index contributed by atoms with van der Waals surface area (Å²) in [5.41, 5.74) is 0. The summed E-state index contributed by atoms with van der Waals surface area (Å²) < 4.78 is 0. The molecule has 25 heavy (non-hydrogen) atoms. The zero-order chi connectivity index (χ0) is 18.1. The summed E-state index contributed by atoms with van der Waals surface area (Å²) in [5.74, 6) is -1.14. The van der Waals surface area contributed by atoms with Crippen molar-refractivity contribution in [2.24, 2.45) is 11.8 Å². The summed E-state index contributed by atoms with van der Waals surface area (Å²) in [4.78, 5) is 51.0. The second-order valence-electron chi connectivity index (χ2n) is 7.73. The molecule has 1 heterocycles. The Morgan fingerprint density at radius 2 is 1.68 bits per heavy atom. The summed E-state index contributed by atoms with van der Waals surface area (Å²) in [6.45, 7) is 3.92. The van der Waals surface area contributed by atoms with E-state index in [4.69, 9.17) is 0 Å². The summed E-state index contributed by atoms with van der Waals surface area (Å²) in [5, 5.41) is 2.95. The Kier molecular flexibility index (Phi) is 5.11. The molecule has 3 atom stereocenters. The van der Waals surface area contributed by atoms with Crippen molar-refractivity contribution < 1.29 is 19.2 Å². The molecule has 3 rings (SSSR count). The lowest BCUT2D eigenvalue weighted by Crippen LogP contribution is -2.48. The van der Waals surface area contributed by atoms with Gasteiger partial charge in [-0.1, -0.05) is 39.5 Å². The Morgan fingerprint density at radius 1 is 1.00 bits per heavy atom. The molecule has 1 aliphatic heterocycles. The number of carbonyl (C=O) groups is 4. The molecule has 1 N–H and O–H groups in total. The van der Waals surface area contributed by atoms with Gasteiger partial charge >= 0.3 is 17.8 Å². The minimum absolute atomic E-state index is 0.0608.